The first-order chi connectivity index (χ1) is 15.1. The number of nitrogens with one attached hydrogen (secondary N) is 3. The van der Waals surface area contributed by atoms with Crippen molar-refractivity contribution in [3.8, 4) is 0 Å². The van der Waals surface area contributed by atoms with Crippen molar-refractivity contribution in [1.82, 2.24) is 20.9 Å². The molecule has 2 saturated heterocycles. The molecule has 4 rings (SSSR count). The summed E-state index contributed by atoms with van der Waals surface area (Å²) in [6.07, 6.45) is 1.65. The first-order valence-electron chi connectivity index (χ1n) is 10.8. The molecule has 3 amide bonds. The van der Waals surface area contributed by atoms with Crippen molar-refractivity contribution in [2.75, 3.05) is 13.1 Å². The second-order valence-electron chi connectivity index (χ2n) is 8.18. The number of hydrogen-bond donors (Lipinski definition) is 3. The predicted octanol–water partition coefficient (Wildman–Crippen LogP) is 1.45. The normalized spacial score (nSPS) is 23.0. The van der Waals surface area contributed by atoms with Gasteiger partial charge in [0.25, 0.3) is 5.91 Å². The second kappa shape index (κ2) is 9.75. The number of amides is 3. The molecule has 2 aromatic rings. The smallest absolute Gasteiger partial charge is 0.251 e. The minimum Gasteiger partial charge on any atom is -0.353 e. The number of rotatable bonds is 7. The van der Waals surface area contributed by atoms with Crippen molar-refractivity contribution in [2.24, 2.45) is 0 Å². The molecule has 0 saturated carbocycles. The fourth-order valence-corrected chi connectivity index (χ4v) is 4.39. The lowest BCUT2D eigenvalue weighted by Crippen LogP contribution is -2.58. The van der Waals surface area contributed by atoms with E-state index in [0.29, 0.717) is 44.5 Å². The van der Waals surface area contributed by atoms with Gasteiger partial charge in [0, 0.05) is 43.7 Å². The number of carbonyl (C=O) groups is 3. The molecule has 0 aromatic heterocycles. The van der Waals surface area contributed by atoms with Gasteiger partial charge >= 0.3 is 0 Å². The average molecular weight is 421 g/mol. The second-order valence-corrected chi connectivity index (χ2v) is 8.18. The van der Waals surface area contributed by atoms with Gasteiger partial charge in [0.2, 0.25) is 11.8 Å². The van der Waals surface area contributed by atoms with E-state index in [2.05, 4.69) is 20.9 Å². The average Bonchev–Trinajstić information content (AvgIpc) is 3.23. The van der Waals surface area contributed by atoms with Crippen LogP contribution in [0, 0.1) is 0 Å². The number of nitrogens with zero attached hydrogens (tertiary/aromatic N) is 1. The van der Waals surface area contributed by atoms with E-state index in [9.17, 15) is 14.4 Å². The fourth-order valence-electron chi connectivity index (χ4n) is 4.39. The van der Waals surface area contributed by atoms with E-state index in [1.54, 1.807) is 12.1 Å². The lowest BCUT2D eigenvalue weighted by atomic mass is 10.0. The summed E-state index contributed by atoms with van der Waals surface area (Å²) in [5.74, 6) is -0.116. The maximum Gasteiger partial charge on any atom is 0.251 e. The third-order valence-corrected chi connectivity index (χ3v) is 6.03. The van der Waals surface area contributed by atoms with Crippen molar-refractivity contribution in [3.63, 3.8) is 0 Å². The minimum absolute atomic E-state index is 0.00115. The zero-order valence-corrected chi connectivity index (χ0v) is 17.4. The maximum absolute atomic E-state index is 12.5. The van der Waals surface area contributed by atoms with Crippen molar-refractivity contribution >= 4 is 17.7 Å². The number of piperazine rings is 1. The molecule has 31 heavy (non-hydrogen) atoms. The highest BCUT2D eigenvalue weighted by molar-refractivity contribution is 5.94. The molecule has 7 heteroatoms. The molecule has 2 aromatic carbocycles. The van der Waals surface area contributed by atoms with Crippen LogP contribution in [-0.2, 0) is 16.1 Å². The van der Waals surface area contributed by atoms with Crippen LogP contribution in [0.1, 0.15) is 35.2 Å². The molecule has 0 spiro atoms. The standard InChI is InChI=1S/C24H28N4O3/c29-22(25-14-17-7-3-1-4-8-17)12-11-20-15-26-24(31)21-13-19(16-28(20)21)27-23(30)18-9-5-2-6-10-18/h1-10,19-21H,11-16H2,(H,25,29)(H,26,31)(H,27,30)/t19-,20+,21-/m0/s1. The van der Waals surface area contributed by atoms with Gasteiger partial charge in [-0.15, -0.1) is 0 Å². The Morgan fingerprint density at radius 1 is 1.03 bits per heavy atom. The summed E-state index contributed by atoms with van der Waals surface area (Å²) in [5.41, 5.74) is 1.68. The Labute approximate surface area is 182 Å². The molecule has 0 aliphatic carbocycles. The van der Waals surface area contributed by atoms with Crippen LogP contribution in [-0.4, -0.2) is 53.8 Å². The summed E-state index contributed by atoms with van der Waals surface area (Å²) in [7, 11) is 0. The summed E-state index contributed by atoms with van der Waals surface area (Å²) in [5, 5.41) is 8.98. The zero-order valence-electron chi connectivity index (χ0n) is 17.4. The molecule has 2 heterocycles. The van der Waals surface area contributed by atoms with Gasteiger partial charge < -0.3 is 16.0 Å². The van der Waals surface area contributed by atoms with Gasteiger partial charge in [0.1, 0.15) is 0 Å². The summed E-state index contributed by atoms with van der Waals surface area (Å²) in [6.45, 7) is 1.66. The van der Waals surface area contributed by atoms with E-state index in [-0.39, 0.29) is 35.8 Å². The highest BCUT2D eigenvalue weighted by atomic mass is 16.2. The summed E-state index contributed by atoms with van der Waals surface area (Å²) < 4.78 is 0. The van der Waals surface area contributed by atoms with Crippen LogP contribution >= 0.6 is 0 Å². The molecular formula is C24H28N4O3. The highest BCUT2D eigenvalue weighted by Crippen LogP contribution is 2.26. The van der Waals surface area contributed by atoms with E-state index >= 15 is 0 Å². The van der Waals surface area contributed by atoms with Gasteiger partial charge in [-0.25, -0.2) is 0 Å². The topological polar surface area (TPSA) is 90.5 Å². The van der Waals surface area contributed by atoms with E-state index in [0.717, 1.165) is 5.56 Å². The minimum atomic E-state index is -0.257. The molecule has 2 aliphatic heterocycles. The van der Waals surface area contributed by atoms with Crippen molar-refractivity contribution < 1.29 is 14.4 Å². The van der Waals surface area contributed by atoms with E-state index in [1.165, 1.54) is 0 Å². The summed E-state index contributed by atoms with van der Waals surface area (Å²) >= 11 is 0. The quantitative estimate of drug-likeness (QED) is 0.633. The Morgan fingerprint density at radius 2 is 1.74 bits per heavy atom. The first-order valence-corrected chi connectivity index (χ1v) is 10.8. The first kappa shape index (κ1) is 21.1. The molecule has 162 valence electrons. The van der Waals surface area contributed by atoms with E-state index < -0.39 is 0 Å². The molecule has 7 nitrogen and oxygen atoms in total. The Morgan fingerprint density at radius 3 is 2.48 bits per heavy atom. The third-order valence-electron chi connectivity index (χ3n) is 6.03. The lowest BCUT2D eigenvalue weighted by Gasteiger charge is -2.37. The summed E-state index contributed by atoms with van der Waals surface area (Å²) in [4.78, 5) is 39.3. The number of hydrogen-bond acceptors (Lipinski definition) is 4. The van der Waals surface area contributed by atoms with Crippen LogP contribution in [0.5, 0.6) is 0 Å². The predicted molar refractivity (Wildman–Crippen MR) is 117 cm³/mol. The Hall–Kier alpha value is -3.19. The number of fused-ring (bicyclic) bond motifs is 1. The third kappa shape index (κ3) is 5.30. The summed E-state index contributed by atoms with van der Waals surface area (Å²) in [6, 6.07) is 18.7. The fraction of sp³-hybridized carbons (Fsp3) is 0.375. The van der Waals surface area contributed by atoms with Crippen molar-refractivity contribution in [3.05, 3.63) is 71.8 Å². The Bertz CT molecular complexity index is 919. The largest absolute Gasteiger partial charge is 0.353 e. The molecule has 0 radical (unpaired) electrons. The molecule has 3 atom stereocenters. The molecule has 0 unspecified atom stereocenters. The van der Waals surface area contributed by atoms with Crippen LogP contribution in [0.25, 0.3) is 0 Å². The highest BCUT2D eigenvalue weighted by Gasteiger charge is 2.43. The van der Waals surface area contributed by atoms with Gasteiger partial charge in [-0.05, 0) is 30.5 Å². The van der Waals surface area contributed by atoms with Gasteiger partial charge in [0.15, 0.2) is 0 Å². The van der Waals surface area contributed by atoms with Crippen LogP contribution < -0.4 is 16.0 Å². The monoisotopic (exact) mass is 420 g/mol. The lowest BCUT2D eigenvalue weighted by molar-refractivity contribution is -0.129. The van der Waals surface area contributed by atoms with Crippen LogP contribution in [0.4, 0.5) is 0 Å². The Kier molecular flexibility index (Phi) is 6.62. The molecule has 2 aliphatic rings. The van der Waals surface area contributed by atoms with Crippen molar-refractivity contribution in [2.45, 2.75) is 43.9 Å². The van der Waals surface area contributed by atoms with Crippen LogP contribution in [0.3, 0.4) is 0 Å². The molecule has 3 N–H and O–H groups in total. The van der Waals surface area contributed by atoms with E-state index in [1.807, 2.05) is 48.5 Å². The van der Waals surface area contributed by atoms with Crippen molar-refractivity contribution in [1.29, 1.82) is 0 Å². The van der Waals surface area contributed by atoms with Gasteiger partial charge in [0.05, 0.1) is 6.04 Å². The number of carbonyl (C=O) groups excluding carboxylic acids is 3. The van der Waals surface area contributed by atoms with Crippen LogP contribution in [0.15, 0.2) is 60.7 Å². The van der Waals surface area contributed by atoms with E-state index in [4.69, 9.17) is 0 Å². The SMILES string of the molecule is O=C(CC[C@@H]1CNC(=O)[C@@H]2C[C@H](NC(=O)c3ccccc3)CN12)NCc1ccccc1. The zero-order chi connectivity index (χ0) is 21.6. The molecular weight excluding hydrogens is 392 g/mol. The van der Waals surface area contributed by atoms with Crippen LogP contribution in [0.2, 0.25) is 0 Å². The van der Waals surface area contributed by atoms with Gasteiger partial charge in [-0.1, -0.05) is 48.5 Å². The number of benzene rings is 2. The Balaban J connectivity index is 1.29. The van der Waals surface area contributed by atoms with Gasteiger partial charge in [-0.3, -0.25) is 19.3 Å². The molecule has 0 bridgehead atoms. The van der Waals surface area contributed by atoms with Gasteiger partial charge in [-0.2, -0.15) is 0 Å². The maximum atomic E-state index is 12.5. The molecule has 2 fully saturated rings.